The predicted octanol–water partition coefficient (Wildman–Crippen LogP) is 3.20. The van der Waals surface area contributed by atoms with Gasteiger partial charge in [0.1, 0.15) is 5.75 Å². The van der Waals surface area contributed by atoms with E-state index in [0.717, 1.165) is 18.5 Å². The third-order valence-corrected chi connectivity index (χ3v) is 4.79. The molecule has 5 heteroatoms. The Balaban J connectivity index is 1.49. The number of carbonyl (C=O) groups is 2. The first-order valence-corrected chi connectivity index (χ1v) is 9.17. The van der Waals surface area contributed by atoms with Crippen LogP contribution in [0.2, 0.25) is 0 Å². The SMILES string of the molecule is CC1Oc2ccccc2N(CCC(=O)NCCC2=CCCCC2)C1=O. The maximum absolute atomic E-state index is 12.4. The number of allylic oxidation sites excluding steroid dienone is 1. The molecule has 3 rings (SSSR count). The van der Waals surface area contributed by atoms with Crippen molar-refractivity contribution in [2.45, 2.75) is 51.6 Å². The number of ether oxygens (including phenoxy) is 1. The topological polar surface area (TPSA) is 58.6 Å². The summed E-state index contributed by atoms with van der Waals surface area (Å²) in [6.45, 7) is 2.79. The Labute approximate surface area is 149 Å². The van der Waals surface area contributed by atoms with E-state index < -0.39 is 6.10 Å². The molecule has 0 bridgehead atoms. The van der Waals surface area contributed by atoms with Gasteiger partial charge in [0.15, 0.2) is 6.10 Å². The molecule has 1 aliphatic heterocycles. The molecule has 0 spiro atoms. The molecule has 25 heavy (non-hydrogen) atoms. The molecule has 1 aromatic carbocycles. The summed E-state index contributed by atoms with van der Waals surface area (Å²) in [5.41, 5.74) is 2.20. The van der Waals surface area contributed by atoms with E-state index in [2.05, 4.69) is 11.4 Å². The van der Waals surface area contributed by atoms with Gasteiger partial charge in [0, 0.05) is 19.5 Å². The standard InChI is InChI=1S/C20H26N2O3/c1-15-20(24)22(17-9-5-6-10-18(17)25-15)14-12-19(23)21-13-11-16-7-3-2-4-8-16/h5-7,9-10,15H,2-4,8,11-14H2,1H3,(H,21,23). The zero-order chi connectivity index (χ0) is 17.6. The minimum Gasteiger partial charge on any atom is -0.479 e. The summed E-state index contributed by atoms with van der Waals surface area (Å²) in [6, 6.07) is 7.46. The van der Waals surface area contributed by atoms with E-state index in [-0.39, 0.29) is 11.8 Å². The number of hydrogen-bond donors (Lipinski definition) is 1. The molecular formula is C20H26N2O3. The predicted molar refractivity (Wildman–Crippen MR) is 97.7 cm³/mol. The van der Waals surface area contributed by atoms with Gasteiger partial charge in [0.05, 0.1) is 5.69 Å². The first kappa shape index (κ1) is 17.5. The highest BCUT2D eigenvalue weighted by atomic mass is 16.5. The van der Waals surface area contributed by atoms with E-state index in [4.69, 9.17) is 4.74 Å². The number of rotatable bonds is 6. The van der Waals surface area contributed by atoms with Gasteiger partial charge in [-0.25, -0.2) is 0 Å². The number of nitrogens with zero attached hydrogens (tertiary/aromatic N) is 1. The Morgan fingerprint density at radius 3 is 2.96 bits per heavy atom. The molecule has 5 nitrogen and oxygen atoms in total. The zero-order valence-corrected chi connectivity index (χ0v) is 14.8. The van der Waals surface area contributed by atoms with Crippen LogP contribution in [0.25, 0.3) is 0 Å². The van der Waals surface area contributed by atoms with Crippen molar-refractivity contribution in [2.24, 2.45) is 0 Å². The second-order valence-corrected chi connectivity index (χ2v) is 6.68. The molecule has 134 valence electrons. The Kier molecular flexibility index (Phi) is 5.74. The van der Waals surface area contributed by atoms with Crippen molar-refractivity contribution in [3.05, 3.63) is 35.9 Å². The van der Waals surface area contributed by atoms with Gasteiger partial charge in [-0.05, 0) is 51.2 Å². The quantitative estimate of drug-likeness (QED) is 0.808. The van der Waals surface area contributed by atoms with Gasteiger partial charge >= 0.3 is 0 Å². The van der Waals surface area contributed by atoms with Crippen molar-refractivity contribution < 1.29 is 14.3 Å². The minimum absolute atomic E-state index is 0.0131. The Morgan fingerprint density at radius 1 is 1.32 bits per heavy atom. The molecule has 2 aliphatic rings. The van der Waals surface area contributed by atoms with Crippen molar-refractivity contribution in [1.29, 1.82) is 0 Å². The fraction of sp³-hybridized carbons (Fsp3) is 0.500. The van der Waals surface area contributed by atoms with Crippen LogP contribution >= 0.6 is 0 Å². The molecule has 1 heterocycles. The molecule has 0 fully saturated rings. The maximum atomic E-state index is 12.4. The molecule has 2 amide bonds. The average molecular weight is 342 g/mol. The van der Waals surface area contributed by atoms with Crippen LogP contribution < -0.4 is 15.0 Å². The molecule has 0 aromatic heterocycles. The number of fused-ring (bicyclic) bond motifs is 1. The summed E-state index contributed by atoms with van der Waals surface area (Å²) in [5, 5.41) is 2.97. The highest BCUT2D eigenvalue weighted by Gasteiger charge is 2.31. The zero-order valence-electron chi connectivity index (χ0n) is 14.8. The minimum atomic E-state index is -0.517. The Hall–Kier alpha value is -2.30. The van der Waals surface area contributed by atoms with E-state index in [1.54, 1.807) is 11.8 Å². The van der Waals surface area contributed by atoms with Crippen LogP contribution in [-0.4, -0.2) is 31.0 Å². The monoisotopic (exact) mass is 342 g/mol. The largest absolute Gasteiger partial charge is 0.479 e. The van der Waals surface area contributed by atoms with Crippen LogP contribution in [0, 0.1) is 0 Å². The van der Waals surface area contributed by atoms with Crippen LogP contribution in [0.3, 0.4) is 0 Å². The van der Waals surface area contributed by atoms with E-state index in [1.807, 2.05) is 24.3 Å². The highest BCUT2D eigenvalue weighted by molar-refractivity contribution is 6.00. The fourth-order valence-electron chi connectivity index (χ4n) is 3.39. The van der Waals surface area contributed by atoms with Gasteiger partial charge in [-0.1, -0.05) is 23.8 Å². The third-order valence-electron chi connectivity index (χ3n) is 4.79. The Bertz CT molecular complexity index is 669. The van der Waals surface area contributed by atoms with Crippen LogP contribution in [0.1, 0.15) is 45.4 Å². The van der Waals surface area contributed by atoms with E-state index >= 15 is 0 Å². The molecular weight excluding hydrogens is 316 g/mol. The summed E-state index contributed by atoms with van der Waals surface area (Å²) >= 11 is 0. The van der Waals surface area contributed by atoms with E-state index in [9.17, 15) is 9.59 Å². The fourth-order valence-corrected chi connectivity index (χ4v) is 3.39. The van der Waals surface area contributed by atoms with Gasteiger partial charge in [0.2, 0.25) is 5.91 Å². The number of nitrogens with one attached hydrogen (secondary N) is 1. The molecule has 1 aliphatic carbocycles. The molecule has 1 unspecified atom stereocenters. The van der Waals surface area contributed by atoms with Gasteiger partial charge in [-0.3, -0.25) is 9.59 Å². The highest BCUT2D eigenvalue weighted by Crippen LogP contribution is 2.33. The summed E-state index contributed by atoms with van der Waals surface area (Å²) in [6.07, 6.45) is 7.89. The van der Waals surface area contributed by atoms with Crippen LogP contribution in [0.4, 0.5) is 5.69 Å². The Morgan fingerprint density at radius 2 is 2.16 bits per heavy atom. The van der Waals surface area contributed by atoms with Gasteiger partial charge in [-0.2, -0.15) is 0 Å². The van der Waals surface area contributed by atoms with E-state index in [1.165, 1.54) is 24.8 Å². The molecule has 0 saturated heterocycles. The van der Waals surface area contributed by atoms with Gasteiger partial charge in [-0.15, -0.1) is 0 Å². The number of hydrogen-bond acceptors (Lipinski definition) is 3. The van der Waals surface area contributed by atoms with Crippen molar-refractivity contribution in [2.75, 3.05) is 18.0 Å². The molecule has 0 radical (unpaired) electrons. The number of anilines is 1. The maximum Gasteiger partial charge on any atom is 0.267 e. The lowest BCUT2D eigenvalue weighted by Gasteiger charge is -2.32. The molecule has 1 N–H and O–H groups in total. The summed E-state index contributed by atoms with van der Waals surface area (Å²) in [7, 11) is 0. The van der Waals surface area contributed by atoms with Crippen molar-refractivity contribution >= 4 is 17.5 Å². The van der Waals surface area contributed by atoms with Crippen LogP contribution in [-0.2, 0) is 9.59 Å². The van der Waals surface area contributed by atoms with Crippen molar-refractivity contribution in [1.82, 2.24) is 5.32 Å². The normalized spacial score (nSPS) is 19.7. The first-order chi connectivity index (χ1) is 12.1. The van der Waals surface area contributed by atoms with Gasteiger partial charge < -0.3 is 15.0 Å². The lowest BCUT2D eigenvalue weighted by Crippen LogP contribution is -2.45. The number of amides is 2. The summed E-state index contributed by atoms with van der Waals surface area (Å²) in [5.74, 6) is 0.582. The number of benzene rings is 1. The third kappa shape index (κ3) is 4.41. The summed E-state index contributed by atoms with van der Waals surface area (Å²) < 4.78 is 5.62. The van der Waals surface area contributed by atoms with Crippen LogP contribution in [0.15, 0.2) is 35.9 Å². The number of para-hydroxylation sites is 2. The van der Waals surface area contributed by atoms with Crippen LogP contribution in [0.5, 0.6) is 5.75 Å². The second-order valence-electron chi connectivity index (χ2n) is 6.68. The molecule has 1 aromatic rings. The van der Waals surface area contributed by atoms with Gasteiger partial charge in [0.25, 0.3) is 5.91 Å². The first-order valence-electron chi connectivity index (χ1n) is 9.17. The average Bonchev–Trinajstić information content (AvgIpc) is 2.63. The second kappa shape index (κ2) is 8.19. The lowest BCUT2D eigenvalue weighted by atomic mass is 9.97. The summed E-state index contributed by atoms with van der Waals surface area (Å²) in [4.78, 5) is 26.2. The molecule has 0 saturated carbocycles. The molecule has 1 atom stereocenters. The smallest absolute Gasteiger partial charge is 0.267 e. The van der Waals surface area contributed by atoms with Crippen molar-refractivity contribution in [3.63, 3.8) is 0 Å². The lowest BCUT2D eigenvalue weighted by molar-refractivity contribution is -0.125. The van der Waals surface area contributed by atoms with E-state index in [0.29, 0.717) is 25.3 Å². The number of carbonyl (C=O) groups excluding carboxylic acids is 2. The van der Waals surface area contributed by atoms with Crippen molar-refractivity contribution in [3.8, 4) is 5.75 Å².